The highest BCUT2D eigenvalue weighted by Gasteiger charge is 2.55. The number of carbonyl (C=O) groups is 2. The zero-order chi connectivity index (χ0) is 34.4. The molecule has 0 saturated carbocycles. The van der Waals surface area contributed by atoms with Crippen molar-refractivity contribution in [3.05, 3.63) is 99.9 Å². The van der Waals surface area contributed by atoms with E-state index >= 15 is 0 Å². The average molecular weight is 669 g/mol. The summed E-state index contributed by atoms with van der Waals surface area (Å²) in [6, 6.07) is 7.48. The summed E-state index contributed by atoms with van der Waals surface area (Å²) in [5, 5.41) is 3.31. The molecule has 0 spiro atoms. The number of nitrogens with zero attached hydrogens (tertiary/aromatic N) is 3. The molecule has 15 heteroatoms. The van der Waals surface area contributed by atoms with Crippen LogP contribution in [0.15, 0.2) is 48.7 Å². The quantitative estimate of drug-likeness (QED) is 0.137. The van der Waals surface area contributed by atoms with Crippen molar-refractivity contribution in [1.29, 1.82) is 0 Å². The predicted molar refractivity (Wildman–Crippen MR) is 151 cm³/mol. The SMILES string of the molecule is CC(=O)c1cc(-c2cc(N)cnc2[C@@H](CC(=O)Cn2nc(C(F)F)c3c2C(F)(F)CCC3(F)F)Cc2cc(F)cc(F)c2)ccc1F. The van der Waals surface area contributed by atoms with Gasteiger partial charge in [0.05, 0.1) is 28.7 Å². The fourth-order valence-electron chi connectivity index (χ4n) is 5.83. The molecular weight excluding hydrogens is 643 g/mol. The summed E-state index contributed by atoms with van der Waals surface area (Å²) in [6.45, 7) is 0.0115. The minimum atomic E-state index is -4.05. The van der Waals surface area contributed by atoms with E-state index in [1.54, 1.807) is 0 Å². The molecule has 0 unspecified atom stereocenters. The summed E-state index contributed by atoms with van der Waals surface area (Å²) in [6.07, 6.45) is -6.16. The Morgan fingerprint density at radius 3 is 2.23 bits per heavy atom. The van der Waals surface area contributed by atoms with E-state index in [-0.39, 0.29) is 44.7 Å². The maximum absolute atomic E-state index is 14.9. The zero-order valence-electron chi connectivity index (χ0n) is 24.4. The van der Waals surface area contributed by atoms with Gasteiger partial charge in [-0.25, -0.2) is 30.7 Å². The van der Waals surface area contributed by atoms with E-state index in [4.69, 9.17) is 5.73 Å². The first-order chi connectivity index (χ1) is 22.0. The van der Waals surface area contributed by atoms with Gasteiger partial charge in [0, 0.05) is 36.8 Å². The largest absolute Gasteiger partial charge is 0.397 e. The van der Waals surface area contributed by atoms with Gasteiger partial charge in [0.15, 0.2) is 11.6 Å². The average Bonchev–Trinajstić information content (AvgIpc) is 3.37. The molecule has 4 aromatic rings. The minimum Gasteiger partial charge on any atom is -0.397 e. The lowest BCUT2D eigenvalue weighted by atomic mass is 9.86. The molecule has 0 amide bonds. The number of hydrogen-bond donors (Lipinski definition) is 1. The number of fused-ring (bicyclic) bond motifs is 1. The van der Waals surface area contributed by atoms with Crippen LogP contribution in [0, 0.1) is 17.5 Å². The van der Waals surface area contributed by atoms with Crippen molar-refractivity contribution in [2.24, 2.45) is 0 Å². The Kier molecular flexibility index (Phi) is 8.95. The van der Waals surface area contributed by atoms with Crippen molar-refractivity contribution in [2.45, 2.75) is 63.3 Å². The van der Waals surface area contributed by atoms with Crippen molar-refractivity contribution in [2.75, 3.05) is 5.73 Å². The van der Waals surface area contributed by atoms with Crippen LogP contribution in [-0.4, -0.2) is 26.3 Å². The van der Waals surface area contributed by atoms with Gasteiger partial charge in [-0.3, -0.25) is 19.3 Å². The van der Waals surface area contributed by atoms with Crippen LogP contribution in [0.1, 0.15) is 77.1 Å². The number of hydrogen-bond acceptors (Lipinski definition) is 5. The summed E-state index contributed by atoms with van der Waals surface area (Å²) in [4.78, 5) is 29.8. The third-order valence-corrected chi connectivity index (χ3v) is 7.84. The molecule has 1 aliphatic carbocycles. The number of rotatable bonds is 10. The Hall–Kier alpha value is -4.69. The predicted octanol–water partition coefficient (Wildman–Crippen LogP) is 8.05. The summed E-state index contributed by atoms with van der Waals surface area (Å²) in [5.74, 6) is -13.5. The number of anilines is 1. The van der Waals surface area contributed by atoms with Crippen molar-refractivity contribution in [3.8, 4) is 11.1 Å². The van der Waals surface area contributed by atoms with Crippen LogP contribution < -0.4 is 5.73 Å². The Morgan fingerprint density at radius 1 is 0.936 bits per heavy atom. The second-order valence-electron chi connectivity index (χ2n) is 11.3. The first-order valence-electron chi connectivity index (χ1n) is 14.1. The first kappa shape index (κ1) is 33.7. The van der Waals surface area contributed by atoms with Crippen LogP contribution >= 0.6 is 0 Å². The Morgan fingerprint density at radius 2 is 1.60 bits per heavy atom. The van der Waals surface area contributed by atoms with Gasteiger partial charge < -0.3 is 5.73 Å². The van der Waals surface area contributed by atoms with E-state index in [0.29, 0.717) is 6.07 Å². The van der Waals surface area contributed by atoms with Crippen LogP contribution in [-0.2, 0) is 29.6 Å². The molecule has 248 valence electrons. The number of ketones is 2. The molecule has 2 heterocycles. The highest BCUT2D eigenvalue weighted by Crippen LogP contribution is 2.52. The summed E-state index contributed by atoms with van der Waals surface area (Å²) >= 11 is 0. The summed E-state index contributed by atoms with van der Waals surface area (Å²) < 4.78 is 129. The van der Waals surface area contributed by atoms with Crippen LogP contribution in [0.5, 0.6) is 0 Å². The topological polar surface area (TPSA) is 90.9 Å². The monoisotopic (exact) mass is 668 g/mol. The number of pyridine rings is 1. The molecule has 2 N–H and O–H groups in total. The molecule has 6 nitrogen and oxygen atoms in total. The zero-order valence-corrected chi connectivity index (χ0v) is 24.4. The third-order valence-electron chi connectivity index (χ3n) is 7.84. The van der Waals surface area contributed by atoms with Gasteiger partial charge in [0.25, 0.3) is 18.3 Å². The second-order valence-corrected chi connectivity index (χ2v) is 11.3. The van der Waals surface area contributed by atoms with E-state index in [1.165, 1.54) is 24.4 Å². The van der Waals surface area contributed by atoms with Crippen molar-refractivity contribution >= 4 is 17.3 Å². The summed E-state index contributed by atoms with van der Waals surface area (Å²) in [5.41, 5.74) is 1.60. The number of nitrogens with two attached hydrogens (primary N) is 1. The number of alkyl halides is 6. The number of aromatic nitrogens is 3. The van der Waals surface area contributed by atoms with Crippen LogP contribution in [0.3, 0.4) is 0 Å². The van der Waals surface area contributed by atoms with Crippen molar-refractivity contribution in [3.63, 3.8) is 0 Å². The number of benzene rings is 2. The minimum absolute atomic E-state index is 0.0380. The lowest BCUT2D eigenvalue weighted by Gasteiger charge is -2.29. The molecule has 1 atom stereocenters. The molecule has 5 rings (SSSR count). The van der Waals surface area contributed by atoms with Crippen molar-refractivity contribution in [1.82, 2.24) is 14.8 Å². The Labute approximate surface area is 261 Å². The van der Waals surface area contributed by atoms with E-state index in [0.717, 1.165) is 25.1 Å². The smallest absolute Gasteiger partial charge is 0.290 e. The van der Waals surface area contributed by atoms with Gasteiger partial charge in [-0.05, 0) is 54.8 Å². The lowest BCUT2D eigenvalue weighted by molar-refractivity contribution is -0.121. The van der Waals surface area contributed by atoms with Gasteiger partial charge >= 0.3 is 0 Å². The van der Waals surface area contributed by atoms with Crippen molar-refractivity contribution < 1.29 is 49.1 Å². The molecule has 0 radical (unpaired) electrons. The standard InChI is InChI=1S/C32H25F9N4O2/c1-15(46)23-10-17(2-3-25(23)35)24-12-21(42)13-43-27(24)18(6-16-7-19(33)11-20(34)8-16)9-22(47)14-45-29-26(28(44-45)30(36)37)31(38,39)4-5-32(29,40)41/h2-3,7-8,10-13,18,30H,4-6,9,14,42H2,1H3/t18-/m1/s1. The lowest BCUT2D eigenvalue weighted by Crippen LogP contribution is -2.33. The van der Waals surface area contributed by atoms with Gasteiger partial charge in [0.1, 0.15) is 35.4 Å². The molecular formula is C32H25F9N4O2. The van der Waals surface area contributed by atoms with Gasteiger partial charge in [0.2, 0.25) is 0 Å². The van der Waals surface area contributed by atoms with Gasteiger partial charge in [-0.2, -0.15) is 13.9 Å². The number of nitrogen functional groups attached to an aromatic ring is 1. The van der Waals surface area contributed by atoms with E-state index in [1.807, 2.05) is 0 Å². The fraction of sp³-hybridized carbons (Fsp3) is 0.312. The Bertz CT molecular complexity index is 1850. The van der Waals surface area contributed by atoms with Crippen LogP contribution in [0.2, 0.25) is 0 Å². The van der Waals surface area contributed by atoms with E-state index in [9.17, 15) is 49.1 Å². The van der Waals surface area contributed by atoms with Gasteiger partial charge in [-0.1, -0.05) is 6.07 Å². The maximum atomic E-state index is 14.9. The van der Waals surface area contributed by atoms with Crippen LogP contribution in [0.25, 0.3) is 11.1 Å². The second kappa shape index (κ2) is 12.5. The molecule has 1 aliphatic rings. The maximum Gasteiger partial charge on any atom is 0.290 e. The van der Waals surface area contributed by atoms with Crippen LogP contribution in [0.4, 0.5) is 45.2 Å². The summed E-state index contributed by atoms with van der Waals surface area (Å²) in [7, 11) is 0. The fourth-order valence-corrected chi connectivity index (χ4v) is 5.83. The highest BCUT2D eigenvalue weighted by molar-refractivity contribution is 5.95. The number of Topliss-reactive ketones (excluding diaryl/α,β-unsaturated/α-hetero) is 2. The molecule has 0 fully saturated rings. The molecule has 2 aromatic carbocycles. The van der Waals surface area contributed by atoms with E-state index < -0.39 is 96.0 Å². The highest BCUT2D eigenvalue weighted by atomic mass is 19.3. The number of halogens is 9. The molecule has 2 aromatic heterocycles. The molecule has 0 aliphatic heterocycles. The molecule has 47 heavy (non-hydrogen) atoms. The third kappa shape index (κ3) is 6.88. The molecule has 0 bridgehead atoms. The normalized spacial score (nSPS) is 15.8. The number of carbonyl (C=O) groups excluding carboxylic acids is 2. The molecule has 0 saturated heterocycles. The van der Waals surface area contributed by atoms with E-state index in [2.05, 4.69) is 10.1 Å². The van der Waals surface area contributed by atoms with Gasteiger partial charge in [-0.15, -0.1) is 0 Å². The first-order valence-corrected chi connectivity index (χ1v) is 14.1. The Balaban J connectivity index is 1.59.